The first kappa shape index (κ1) is 23.2. The molecule has 1 aliphatic carbocycles. The minimum absolute atomic E-state index is 0.0874. The summed E-state index contributed by atoms with van der Waals surface area (Å²) in [5.41, 5.74) is 3.00. The topological polar surface area (TPSA) is 92.3 Å². The number of hydrogen-bond donors (Lipinski definition) is 1. The monoisotopic (exact) mass is 504 g/mol. The highest BCUT2D eigenvalue weighted by Gasteiger charge is 2.23. The minimum atomic E-state index is -0.464. The molecule has 1 N–H and O–H groups in total. The highest BCUT2D eigenvalue weighted by molar-refractivity contribution is 7.16. The van der Waals surface area contributed by atoms with Crippen molar-refractivity contribution in [2.24, 2.45) is 0 Å². The molecule has 2 aromatic heterocycles. The van der Waals surface area contributed by atoms with Crippen LogP contribution in [-0.2, 0) is 17.6 Å². The summed E-state index contributed by atoms with van der Waals surface area (Å²) in [5, 5.41) is 13.7. The Balaban J connectivity index is 1.47. The summed E-state index contributed by atoms with van der Waals surface area (Å²) < 4.78 is 11.9. The van der Waals surface area contributed by atoms with Gasteiger partial charge in [-0.05, 0) is 68.0 Å². The number of ether oxygens (including phenoxy) is 1. The lowest BCUT2D eigenvalue weighted by molar-refractivity contribution is -0.118. The number of halogens is 1. The second kappa shape index (κ2) is 9.57. The maximum atomic E-state index is 13.3. The minimum Gasteiger partial charge on any atom is -0.476 e. The number of carbonyl (C=O) groups excluding carboxylic acids is 1. The van der Waals surface area contributed by atoms with E-state index in [9.17, 15) is 14.9 Å². The molecule has 0 spiro atoms. The van der Waals surface area contributed by atoms with Crippen LogP contribution in [0.25, 0.3) is 22.3 Å². The fraction of sp³-hybridized carbons (Fsp3) is 0.222. The van der Waals surface area contributed by atoms with Gasteiger partial charge in [0.2, 0.25) is 11.2 Å². The summed E-state index contributed by atoms with van der Waals surface area (Å²) >= 11 is 7.83. The Hall–Kier alpha value is -3.60. The number of aryl methyl sites for hydroxylation is 2. The maximum absolute atomic E-state index is 13.3. The van der Waals surface area contributed by atoms with Crippen LogP contribution < -0.4 is 15.5 Å². The summed E-state index contributed by atoms with van der Waals surface area (Å²) in [7, 11) is 0. The van der Waals surface area contributed by atoms with Crippen molar-refractivity contribution in [1.29, 1.82) is 5.26 Å². The van der Waals surface area contributed by atoms with Crippen LogP contribution in [0.5, 0.6) is 5.75 Å². The molecule has 2 aromatic carbocycles. The quantitative estimate of drug-likeness (QED) is 0.346. The number of thiophene rings is 1. The van der Waals surface area contributed by atoms with Crippen molar-refractivity contribution in [1.82, 2.24) is 0 Å². The Kier molecular flexibility index (Phi) is 6.33. The van der Waals surface area contributed by atoms with E-state index in [1.54, 1.807) is 36.4 Å². The summed E-state index contributed by atoms with van der Waals surface area (Å²) in [4.78, 5) is 27.3. The zero-order valence-corrected chi connectivity index (χ0v) is 20.5. The van der Waals surface area contributed by atoms with Gasteiger partial charge in [-0.3, -0.25) is 9.59 Å². The molecule has 0 aliphatic heterocycles. The standard InChI is InChI=1S/C27H21ClN2O4S/c1-15-10-11-18-21(12-15)34-25(17-7-2-4-8-20(17)28)26(24(18)32)33-14-23(31)30-27-19(13-29)16-6-3-5-9-22(16)35-27/h2,4,7-8,10-12H,3,5-6,9,14H2,1H3,(H,30,31). The van der Waals surface area contributed by atoms with Crippen LogP contribution in [0.4, 0.5) is 5.00 Å². The Morgan fingerprint density at radius 3 is 2.83 bits per heavy atom. The third-order valence-electron chi connectivity index (χ3n) is 6.01. The molecular weight excluding hydrogens is 484 g/mol. The molecule has 0 radical (unpaired) electrons. The molecule has 35 heavy (non-hydrogen) atoms. The molecule has 176 valence electrons. The highest BCUT2D eigenvalue weighted by atomic mass is 35.5. The van der Waals surface area contributed by atoms with E-state index in [0.29, 0.717) is 32.1 Å². The summed E-state index contributed by atoms with van der Waals surface area (Å²) in [6.07, 6.45) is 3.88. The smallest absolute Gasteiger partial charge is 0.262 e. The van der Waals surface area contributed by atoms with Gasteiger partial charge in [0.1, 0.15) is 16.7 Å². The number of amides is 1. The number of fused-ring (bicyclic) bond motifs is 2. The van der Waals surface area contributed by atoms with E-state index in [0.717, 1.165) is 41.7 Å². The molecule has 2 heterocycles. The van der Waals surface area contributed by atoms with E-state index < -0.39 is 17.9 Å². The van der Waals surface area contributed by atoms with Crippen LogP contribution in [0.1, 0.15) is 34.4 Å². The molecular formula is C27H21ClN2O4S. The van der Waals surface area contributed by atoms with Gasteiger partial charge in [0.05, 0.1) is 16.0 Å². The Morgan fingerprint density at radius 1 is 1.23 bits per heavy atom. The van der Waals surface area contributed by atoms with E-state index in [4.69, 9.17) is 20.8 Å². The van der Waals surface area contributed by atoms with Crippen molar-refractivity contribution in [3.8, 4) is 23.1 Å². The second-order valence-corrected chi connectivity index (χ2v) is 9.94. The van der Waals surface area contributed by atoms with Crippen LogP contribution >= 0.6 is 22.9 Å². The number of benzene rings is 2. The van der Waals surface area contributed by atoms with Gasteiger partial charge in [0, 0.05) is 10.4 Å². The first-order chi connectivity index (χ1) is 17.0. The zero-order chi connectivity index (χ0) is 24.5. The lowest BCUT2D eigenvalue weighted by Gasteiger charge is -2.13. The molecule has 1 aliphatic rings. The predicted molar refractivity (Wildman–Crippen MR) is 137 cm³/mol. The van der Waals surface area contributed by atoms with Gasteiger partial charge in [-0.1, -0.05) is 29.8 Å². The van der Waals surface area contributed by atoms with E-state index in [-0.39, 0.29) is 11.5 Å². The Morgan fingerprint density at radius 2 is 2.03 bits per heavy atom. The first-order valence-corrected chi connectivity index (χ1v) is 12.5. The van der Waals surface area contributed by atoms with Crippen molar-refractivity contribution in [2.45, 2.75) is 32.6 Å². The van der Waals surface area contributed by atoms with E-state index >= 15 is 0 Å². The van der Waals surface area contributed by atoms with E-state index in [2.05, 4.69) is 11.4 Å². The van der Waals surface area contributed by atoms with Gasteiger partial charge < -0.3 is 14.5 Å². The van der Waals surface area contributed by atoms with E-state index in [1.807, 2.05) is 13.0 Å². The number of nitrogens with zero attached hydrogens (tertiary/aromatic N) is 1. The molecule has 8 heteroatoms. The number of anilines is 1. The third kappa shape index (κ3) is 4.43. The van der Waals surface area contributed by atoms with Crippen molar-refractivity contribution < 1.29 is 13.9 Å². The number of nitrogens with one attached hydrogen (secondary N) is 1. The Labute approximate surface area is 210 Å². The van der Waals surface area contributed by atoms with Crippen LogP contribution in [0.2, 0.25) is 5.02 Å². The predicted octanol–water partition coefficient (Wildman–Crippen LogP) is 6.25. The summed E-state index contributed by atoms with van der Waals surface area (Å²) in [5.74, 6) is -0.389. The molecule has 6 nitrogen and oxygen atoms in total. The molecule has 0 bridgehead atoms. The molecule has 0 saturated carbocycles. The molecule has 0 saturated heterocycles. The molecule has 0 fully saturated rings. The van der Waals surface area contributed by atoms with Gasteiger partial charge in [0.15, 0.2) is 12.4 Å². The van der Waals surface area contributed by atoms with Crippen molar-refractivity contribution >= 4 is 44.8 Å². The summed E-state index contributed by atoms with van der Waals surface area (Å²) in [6.45, 7) is 1.48. The van der Waals surface area contributed by atoms with Gasteiger partial charge in [-0.25, -0.2) is 0 Å². The fourth-order valence-corrected chi connectivity index (χ4v) is 5.79. The lowest BCUT2D eigenvalue weighted by Crippen LogP contribution is -2.22. The van der Waals surface area contributed by atoms with E-state index in [1.165, 1.54) is 11.3 Å². The van der Waals surface area contributed by atoms with Crippen molar-refractivity contribution in [2.75, 3.05) is 11.9 Å². The van der Waals surface area contributed by atoms with Crippen molar-refractivity contribution in [3.63, 3.8) is 0 Å². The number of nitriles is 1. The van der Waals surface area contributed by atoms with Gasteiger partial charge in [-0.2, -0.15) is 5.26 Å². The van der Waals surface area contributed by atoms with Crippen LogP contribution in [0.15, 0.2) is 51.7 Å². The molecule has 4 aromatic rings. The van der Waals surface area contributed by atoms with Crippen LogP contribution in [-0.4, -0.2) is 12.5 Å². The average molecular weight is 505 g/mol. The lowest BCUT2D eigenvalue weighted by atomic mass is 9.96. The van der Waals surface area contributed by atoms with Crippen LogP contribution in [0.3, 0.4) is 0 Å². The maximum Gasteiger partial charge on any atom is 0.262 e. The highest BCUT2D eigenvalue weighted by Crippen LogP contribution is 2.38. The molecule has 5 rings (SSSR count). The van der Waals surface area contributed by atoms with Gasteiger partial charge in [0.25, 0.3) is 5.91 Å². The molecule has 1 amide bonds. The first-order valence-electron chi connectivity index (χ1n) is 11.3. The zero-order valence-electron chi connectivity index (χ0n) is 18.9. The molecule has 0 unspecified atom stereocenters. The van der Waals surface area contributed by atoms with Gasteiger partial charge in [-0.15, -0.1) is 11.3 Å². The summed E-state index contributed by atoms with van der Waals surface area (Å²) in [6, 6.07) is 14.5. The SMILES string of the molecule is Cc1ccc2c(=O)c(OCC(=O)Nc3sc4c(c3C#N)CCCC4)c(-c3ccccc3Cl)oc2c1. The fourth-order valence-electron chi connectivity index (χ4n) is 4.31. The number of carbonyl (C=O) groups is 1. The Bertz CT molecular complexity index is 1560. The largest absolute Gasteiger partial charge is 0.476 e. The second-order valence-electron chi connectivity index (χ2n) is 8.43. The normalized spacial score (nSPS) is 12.7. The number of rotatable bonds is 5. The third-order valence-corrected chi connectivity index (χ3v) is 7.55. The number of hydrogen-bond acceptors (Lipinski definition) is 6. The van der Waals surface area contributed by atoms with Gasteiger partial charge >= 0.3 is 0 Å². The van der Waals surface area contributed by atoms with Crippen molar-refractivity contribution in [3.05, 3.63) is 79.3 Å². The average Bonchev–Trinajstić information content (AvgIpc) is 3.20. The van der Waals surface area contributed by atoms with Crippen LogP contribution in [0, 0.1) is 18.3 Å². The molecule has 0 atom stereocenters.